The molecule has 2 nitrogen and oxygen atoms in total. The number of unbranched alkanes of at least 4 members (excludes halogenated alkanes) is 1. The average molecular weight is 165 g/mol. The molecular formula is C10H15NO. The standard InChI is InChI=1S/C10H15NO/c1-2-3-5-8-6-4-7-9(12)10(8)11/h4,6-7,12H,2-3,5,11H2,1H3. The Hall–Kier alpha value is -1.18. The summed E-state index contributed by atoms with van der Waals surface area (Å²) in [6.07, 6.45) is 3.22. The van der Waals surface area contributed by atoms with Crippen molar-refractivity contribution in [1.29, 1.82) is 0 Å². The minimum absolute atomic E-state index is 0.198. The summed E-state index contributed by atoms with van der Waals surface area (Å²) in [6, 6.07) is 5.41. The van der Waals surface area contributed by atoms with Crippen molar-refractivity contribution in [3.05, 3.63) is 23.8 Å². The van der Waals surface area contributed by atoms with Crippen LogP contribution >= 0.6 is 0 Å². The molecule has 66 valence electrons. The number of hydrogen-bond acceptors (Lipinski definition) is 2. The van der Waals surface area contributed by atoms with Gasteiger partial charge >= 0.3 is 0 Å². The fourth-order valence-electron chi connectivity index (χ4n) is 1.18. The molecule has 2 heteroatoms. The van der Waals surface area contributed by atoms with Crippen LogP contribution in [0.1, 0.15) is 25.3 Å². The van der Waals surface area contributed by atoms with E-state index in [1.807, 2.05) is 12.1 Å². The molecule has 0 aliphatic heterocycles. The summed E-state index contributed by atoms with van der Waals surface area (Å²) in [4.78, 5) is 0. The van der Waals surface area contributed by atoms with Crippen LogP contribution in [-0.4, -0.2) is 5.11 Å². The van der Waals surface area contributed by atoms with Gasteiger partial charge in [-0.2, -0.15) is 0 Å². The summed E-state index contributed by atoms with van der Waals surface area (Å²) in [5, 5.41) is 9.27. The first-order valence-electron chi connectivity index (χ1n) is 4.32. The lowest BCUT2D eigenvalue weighted by molar-refractivity contribution is 0.477. The Kier molecular flexibility index (Phi) is 2.97. The molecule has 0 saturated heterocycles. The molecule has 0 amide bonds. The van der Waals surface area contributed by atoms with Crippen LogP contribution in [-0.2, 0) is 6.42 Å². The Bertz CT molecular complexity index is 258. The van der Waals surface area contributed by atoms with Gasteiger partial charge in [0, 0.05) is 0 Å². The van der Waals surface area contributed by atoms with E-state index in [9.17, 15) is 5.11 Å². The highest BCUT2D eigenvalue weighted by molar-refractivity contribution is 5.57. The second-order valence-corrected chi connectivity index (χ2v) is 2.95. The van der Waals surface area contributed by atoms with Crippen LogP contribution in [0.2, 0.25) is 0 Å². The predicted molar refractivity (Wildman–Crippen MR) is 51.1 cm³/mol. The molecule has 0 aromatic heterocycles. The number of rotatable bonds is 3. The van der Waals surface area contributed by atoms with Crippen LogP contribution in [0.25, 0.3) is 0 Å². The molecule has 0 unspecified atom stereocenters. The van der Waals surface area contributed by atoms with Crippen molar-refractivity contribution in [1.82, 2.24) is 0 Å². The Labute approximate surface area is 73.0 Å². The van der Waals surface area contributed by atoms with Gasteiger partial charge in [0.25, 0.3) is 0 Å². The first kappa shape index (κ1) is 8.91. The SMILES string of the molecule is CCCCc1cccc(O)c1N. The third-order valence-corrected chi connectivity index (χ3v) is 1.97. The van der Waals surface area contributed by atoms with Gasteiger partial charge in [0.15, 0.2) is 0 Å². The summed E-state index contributed by atoms with van der Waals surface area (Å²) in [5.41, 5.74) is 7.26. The lowest BCUT2D eigenvalue weighted by Crippen LogP contribution is -1.94. The molecule has 3 N–H and O–H groups in total. The Morgan fingerprint density at radius 2 is 2.17 bits per heavy atom. The van der Waals surface area contributed by atoms with Crippen molar-refractivity contribution in [2.75, 3.05) is 5.73 Å². The molecule has 0 bridgehead atoms. The topological polar surface area (TPSA) is 46.2 Å². The zero-order chi connectivity index (χ0) is 8.97. The lowest BCUT2D eigenvalue weighted by atomic mass is 10.1. The van der Waals surface area contributed by atoms with Crippen molar-refractivity contribution in [2.24, 2.45) is 0 Å². The van der Waals surface area contributed by atoms with E-state index in [4.69, 9.17) is 5.73 Å². The average Bonchev–Trinajstić information content (AvgIpc) is 2.08. The predicted octanol–water partition coefficient (Wildman–Crippen LogP) is 2.32. The third-order valence-electron chi connectivity index (χ3n) is 1.97. The Balaban J connectivity index is 2.78. The largest absolute Gasteiger partial charge is 0.506 e. The van der Waals surface area contributed by atoms with Crippen LogP contribution in [0.3, 0.4) is 0 Å². The molecule has 0 atom stereocenters. The number of para-hydroxylation sites is 1. The van der Waals surface area contributed by atoms with Crippen molar-refractivity contribution < 1.29 is 5.11 Å². The fourth-order valence-corrected chi connectivity index (χ4v) is 1.18. The van der Waals surface area contributed by atoms with Gasteiger partial charge in [-0.3, -0.25) is 0 Å². The van der Waals surface area contributed by atoms with E-state index in [-0.39, 0.29) is 5.75 Å². The molecule has 0 aliphatic rings. The van der Waals surface area contributed by atoms with E-state index in [0.29, 0.717) is 5.69 Å². The lowest BCUT2D eigenvalue weighted by Gasteiger charge is -2.05. The van der Waals surface area contributed by atoms with E-state index in [2.05, 4.69) is 6.92 Å². The first-order valence-corrected chi connectivity index (χ1v) is 4.32. The Morgan fingerprint density at radius 3 is 2.83 bits per heavy atom. The van der Waals surface area contributed by atoms with Crippen molar-refractivity contribution in [3.8, 4) is 5.75 Å². The summed E-state index contributed by atoms with van der Waals surface area (Å²) in [7, 11) is 0. The molecule has 0 radical (unpaired) electrons. The summed E-state index contributed by atoms with van der Waals surface area (Å²) in [5.74, 6) is 0.198. The highest BCUT2D eigenvalue weighted by atomic mass is 16.3. The van der Waals surface area contributed by atoms with Gasteiger partial charge < -0.3 is 10.8 Å². The highest BCUT2D eigenvalue weighted by Gasteiger charge is 2.01. The Morgan fingerprint density at radius 1 is 1.42 bits per heavy atom. The third kappa shape index (κ3) is 1.91. The van der Waals surface area contributed by atoms with Gasteiger partial charge in [0.2, 0.25) is 0 Å². The number of hydrogen-bond donors (Lipinski definition) is 2. The zero-order valence-electron chi connectivity index (χ0n) is 7.38. The van der Waals surface area contributed by atoms with Gasteiger partial charge in [-0.25, -0.2) is 0 Å². The molecule has 1 aromatic carbocycles. The maximum atomic E-state index is 9.27. The molecule has 1 aromatic rings. The molecule has 1 rings (SSSR count). The first-order chi connectivity index (χ1) is 5.75. The second kappa shape index (κ2) is 4.00. The molecular weight excluding hydrogens is 150 g/mol. The number of aromatic hydroxyl groups is 1. The van der Waals surface area contributed by atoms with Crippen molar-refractivity contribution >= 4 is 5.69 Å². The van der Waals surface area contributed by atoms with Crippen molar-refractivity contribution in [3.63, 3.8) is 0 Å². The molecule has 12 heavy (non-hydrogen) atoms. The minimum atomic E-state index is 0.198. The summed E-state index contributed by atoms with van der Waals surface area (Å²) in [6.45, 7) is 2.14. The van der Waals surface area contributed by atoms with Gasteiger partial charge in [0.05, 0.1) is 5.69 Å². The van der Waals surface area contributed by atoms with Gasteiger partial charge in [-0.05, 0) is 24.5 Å². The zero-order valence-corrected chi connectivity index (χ0v) is 7.38. The van der Waals surface area contributed by atoms with E-state index in [1.165, 1.54) is 0 Å². The van der Waals surface area contributed by atoms with Gasteiger partial charge in [0.1, 0.15) is 5.75 Å². The minimum Gasteiger partial charge on any atom is -0.506 e. The number of phenols is 1. The van der Waals surface area contributed by atoms with E-state index < -0.39 is 0 Å². The van der Waals surface area contributed by atoms with E-state index >= 15 is 0 Å². The summed E-state index contributed by atoms with van der Waals surface area (Å²) < 4.78 is 0. The second-order valence-electron chi connectivity index (χ2n) is 2.95. The van der Waals surface area contributed by atoms with Gasteiger partial charge in [-0.1, -0.05) is 25.5 Å². The highest BCUT2D eigenvalue weighted by Crippen LogP contribution is 2.24. The maximum Gasteiger partial charge on any atom is 0.138 e. The number of phenolic OH excluding ortho intramolecular Hbond substituents is 1. The number of aryl methyl sites for hydroxylation is 1. The van der Waals surface area contributed by atoms with Crippen LogP contribution in [0.15, 0.2) is 18.2 Å². The quantitative estimate of drug-likeness (QED) is 0.533. The molecule has 0 heterocycles. The van der Waals surface area contributed by atoms with Gasteiger partial charge in [-0.15, -0.1) is 0 Å². The summed E-state index contributed by atoms with van der Waals surface area (Å²) >= 11 is 0. The van der Waals surface area contributed by atoms with E-state index in [0.717, 1.165) is 24.8 Å². The molecule has 0 fully saturated rings. The monoisotopic (exact) mass is 165 g/mol. The van der Waals surface area contributed by atoms with Crippen LogP contribution in [0.4, 0.5) is 5.69 Å². The number of benzene rings is 1. The van der Waals surface area contributed by atoms with Crippen LogP contribution in [0.5, 0.6) is 5.75 Å². The molecule has 0 aliphatic carbocycles. The van der Waals surface area contributed by atoms with Crippen LogP contribution in [0, 0.1) is 0 Å². The normalized spacial score (nSPS) is 10.1. The number of nitrogens with two attached hydrogens (primary N) is 1. The molecule has 0 saturated carbocycles. The van der Waals surface area contributed by atoms with E-state index in [1.54, 1.807) is 6.07 Å². The fraction of sp³-hybridized carbons (Fsp3) is 0.400. The maximum absolute atomic E-state index is 9.27. The molecule has 0 spiro atoms. The number of anilines is 1. The smallest absolute Gasteiger partial charge is 0.138 e. The van der Waals surface area contributed by atoms with Crippen LogP contribution < -0.4 is 5.73 Å². The number of nitrogen functional groups attached to an aromatic ring is 1. The van der Waals surface area contributed by atoms with Crippen molar-refractivity contribution in [2.45, 2.75) is 26.2 Å².